The monoisotopic (exact) mass is 302 g/mol. The predicted molar refractivity (Wildman–Crippen MR) is 85.6 cm³/mol. The number of aryl methyl sites for hydroxylation is 2. The zero-order valence-corrected chi connectivity index (χ0v) is 12.9. The van der Waals surface area contributed by atoms with Crippen LogP contribution in [0.2, 0.25) is 0 Å². The third-order valence-electron chi connectivity index (χ3n) is 3.26. The molecule has 0 aliphatic carbocycles. The van der Waals surface area contributed by atoms with E-state index in [0.717, 1.165) is 28.4 Å². The van der Waals surface area contributed by atoms with Gasteiger partial charge in [-0.05, 0) is 48.7 Å². The van der Waals surface area contributed by atoms with Gasteiger partial charge in [0.2, 0.25) is 0 Å². The van der Waals surface area contributed by atoms with E-state index in [1.165, 1.54) is 5.56 Å². The average Bonchev–Trinajstić information content (AvgIpc) is 2.49. The zero-order chi connectivity index (χ0) is 15.2. The Hall–Kier alpha value is -1.94. The van der Waals surface area contributed by atoms with Gasteiger partial charge in [0.05, 0.1) is 12.7 Å². The van der Waals surface area contributed by atoms with Crippen molar-refractivity contribution in [2.24, 2.45) is 0 Å². The number of carboxylic acids is 1. The van der Waals surface area contributed by atoms with Gasteiger partial charge >= 0.3 is 5.97 Å². The summed E-state index contributed by atoms with van der Waals surface area (Å²) in [5.41, 5.74) is 2.42. The highest BCUT2D eigenvalue weighted by Crippen LogP contribution is 2.23. The number of thioether (sulfide) groups is 1. The van der Waals surface area contributed by atoms with Gasteiger partial charge in [-0.1, -0.05) is 18.2 Å². The molecule has 110 valence electrons. The first-order valence-corrected chi connectivity index (χ1v) is 7.68. The Labute approximate surface area is 129 Å². The number of hydrogen-bond acceptors (Lipinski definition) is 3. The van der Waals surface area contributed by atoms with E-state index < -0.39 is 5.97 Å². The Morgan fingerprint density at radius 1 is 1.19 bits per heavy atom. The molecule has 0 atom stereocenters. The number of carboxylic acid groups (broad SMARTS) is 1. The van der Waals surface area contributed by atoms with Gasteiger partial charge in [-0.3, -0.25) is 0 Å². The van der Waals surface area contributed by atoms with E-state index in [0.29, 0.717) is 5.56 Å². The van der Waals surface area contributed by atoms with E-state index in [-0.39, 0.29) is 0 Å². The molecule has 0 spiro atoms. The number of benzene rings is 2. The van der Waals surface area contributed by atoms with Crippen LogP contribution in [0.1, 0.15) is 21.5 Å². The number of hydrogen-bond donors (Lipinski definition) is 1. The minimum Gasteiger partial charge on any atom is -0.497 e. The minimum atomic E-state index is -0.870. The van der Waals surface area contributed by atoms with Crippen LogP contribution in [0.4, 0.5) is 0 Å². The van der Waals surface area contributed by atoms with Crippen LogP contribution in [0.5, 0.6) is 5.75 Å². The number of carbonyl (C=O) groups is 1. The van der Waals surface area contributed by atoms with Crippen molar-refractivity contribution in [2.75, 3.05) is 12.9 Å². The maximum atomic E-state index is 11.1. The summed E-state index contributed by atoms with van der Waals surface area (Å²) in [5, 5.41) is 9.12. The van der Waals surface area contributed by atoms with Crippen LogP contribution in [-0.2, 0) is 6.42 Å². The lowest BCUT2D eigenvalue weighted by Gasteiger charge is -2.06. The summed E-state index contributed by atoms with van der Waals surface area (Å²) >= 11 is 1.67. The van der Waals surface area contributed by atoms with Crippen LogP contribution in [0.25, 0.3) is 0 Å². The SMILES string of the molecule is COc1ccc(CCSc2ccc(C)c(C(=O)O)c2)cc1. The molecule has 0 fully saturated rings. The van der Waals surface area contributed by atoms with E-state index in [1.54, 1.807) is 24.9 Å². The molecule has 21 heavy (non-hydrogen) atoms. The number of rotatable bonds is 6. The standard InChI is InChI=1S/C17H18O3S/c1-12-3-8-15(11-16(12)17(18)19)21-10-9-13-4-6-14(20-2)7-5-13/h3-8,11H,9-10H2,1-2H3,(H,18,19). The van der Waals surface area contributed by atoms with Crippen LogP contribution < -0.4 is 4.74 Å². The summed E-state index contributed by atoms with van der Waals surface area (Å²) in [6.07, 6.45) is 0.935. The van der Waals surface area contributed by atoms with Crippen molar-refractivity contribution in [2.45, 2.75) is 18.2 Å². The topological polar surface area (TPSA) is 46.5 Å². The van der Waals surface area contributed by atoms with Crippen molar-refractivity contribution in [3.63, 3.8) is 0 Å². The Balaban J connectivity index is 1.93. The van der Waals surface area contributed by atoms with Gasteiger partial charge in [0.25, 0.3) is 0 Å². The molecule has 0 saturated carbocycles. The number of ether oxygens (including phenoxy) is 1. The number of methoxy groups -OCH3 is 1. The summed E-state index contributed by atoms with van der Waals surface area (Å²) < 4.78 is 5.13. The molecule has 1 N–H and O–H groups in total. The highest BCUT2D eigenvalue weighted by atomic mass is 32.2. The summed E-state index contributed by atoms with van der Waals surface area (Å²) in [6, 6.07) is 13.6. The molecule has 2 aromatic carbocycles. The maximum Gasteiger partial charge on any atom is 0.335 e. The first kappa shape index (κ1) is 15.4. The van der Waals surface area contributed by atoms with Crippen molar-refractivity contribution < 1.29 is 14.6 Å². The summed E-state index contributed by atoms with van der Waals surface area (Å²) in [7, 11) is 1.66. The highest BCUT2D eigenvalue weighted by molar-refractivity contribution is 7.99. The van der Waals surface area contributed by atoms with Crippen molar-refractivity contribution in [1.29, 1.82) is 0 Å². The normalized spacial score (nSPS) is 10.4. The number of aromatic carboxylic acids is 1. The maximum absolute atomic E-state index is 11.1. The fourth-order valence-electron chi connectivity index (χ4n) is 2.00. The molecule has 0 aliphatic heterocycles. The van der Waals surface area contributed by atoms with E-state index in [4.69, 9.17) is 9.84 Å². The Morgan fingerprint density at radius 3 is 2.52 bits per heavy atom. The van der Waals surface area contributed by atoms with Gasteiger partial charge in [-0.2, -0.15) is 0 Å². The van der Waals surface area contributed by atoms with Crippen LogP contribution in [-0.4, -0.2) is 23.9 Å². The van der Waals surface area contributed by atoms with Gasteiger partial charge in [-0.25, -0.2) is 4.79 Å². The van der Waals surface area contributed by atoms with Crippen LogP contribution in [0, 0.1) is 6.92 Å². The lowest BCUT2D eigenvalue weighted by molar-refractivity contribution is 0.0696. The summed E-state index contributed by atoms with van der Waals surface area (Å²) in [4.78, 5) is 12.1. The second kappa shape index (κ2) is 7.18. The fourth-order valence-corrected chi connectivity index (χ4v) is 2.94. The molecular formula is C17H18O3S. The Kier molecular flexibility index (Phi) is 5.28. The van der Waals surface area contributed by atoms with Crippen molar-refractivity contribution in [3.05, 3.63) is 59.2 Å². The molecule has 0 aliphatic rings. The molecule has 0 saturated heterocycles. The molecule has 4 heteroatoms. The molecule has 0 aromatic heterocycles. The highest BCUT2D eigenvalue weighted by Gasteiger charge is 2.08. The molecule has 2 rings (SSSR count). The molecule has 0 radical (unpaired) electrons. The van der Waals surface area contributed by atoms with Crippen molar-refractivity contribution in [1.82, 2.24) is 0 Å². The zero-order valence-electron chi connectivity index (χ0n) is 12.1. The molecule has 0 unspecified atom stereocenters. The third-order valence-corrected chi connectivity index (χ3v) is 4.25. The van der Waals surface area contributed by atoms with Crippen LogP contribution >= 0.6 is 11.8 Å². The summed E-state index contributed by atoms with van der Waals surface area (Å²) in [6.45, 7) is 1.81. The van der Waals surface area contributed by atoms with Gasteiger partial charge in [-0.15, -0.1) is 11.8 Å². The second-order valence-corrected chi connectivity index (χ2v) is 5.90. The first-order valence-electron chi connectivity index (χ1n) is 6.70. The summed E-state index contributed by atoms with van der Waals surface area (Å²) in [5.74, 6) is 0.898. The lowest BCUT2D eigenvalue weighted by atomic mass is 10.1. The molecule has 0 heterocycles. The molecular weight excluding hydrogens is 284 g/mol. The molecule has 2 aromatic rings. The van der Waals surface area contributed by atoms with E-state index in [1.807, 2.05) is 31.2 Å². The largest absolute Gasteiger partial charge is 0.497 e. The van der Waals surface area contributed by atoms with Crippen molar-refractivity contribution >= 4 is 17.7 Å². The third kappa shape index (κ3) is 4.26. The first-order chi connectivity index (χ1) is 10.1. The van der Waals surface area contributed by atoms with Gasteiger partial charge in [0, 0.05) is 10.6 Å². The quantitative estimate of drug-likeness (QED) is 0.818. The lowest BCUT2D eigenvalue weighted by Crippen LogP contribution is -1.99. The minimum absolute atomic E-state index is 0.379. The van der Waals surface area contributed by atoms with Crippen LogP contribution in [0.3, 0.4) is 0 Å². The molecule has 0 amide bonds. The Morgan fingerprint density at radius 2 is 1.90 bits per heavy atom. The average molecular weight is 302 g/mol. The second-order valence-electron chi connectivity index (χ2n) is 4.73. The van der Waals surface area contributed by atoms with Crippen LogP contribution in [0.15, 0.2) is 47.4 Å². The molecule has 3 nitrogen and oxygen atoms in total. The van der Waals surface area contributed by atoms with Crippen molar-refractivity contribution in [3.8, 4) is 5.75 Å². The fraction of sp³-hybridized carbons (Fsp3) is 0.235. The van der Waals surface area contributed by atoms with Gasteiger partial charge < -0.3 is 9.84 Å². The van der Waals surface area contributed by atoms with E-state index in [2.05, 4.69) is 12.1 Å². The van der Waals surface area contributed by atoms with Gasteiger partial charge in [0.1, 0.15) is 5.75 Å². The molecule has 0 bridgehead atoms. The van der Waals surface area contributed by atoms with E-state index >= 15 is 0 Å². The predicted octanol–water partition coefficient (Wildman–Crippen LogP) is 4.04. The van der Waals surface area contributed by atoms with Gasteiger partial charge in [0.15, 0.2) is 0 Å². The smallest absolute Gasteiger partial charge is 0.335 e. The van der Waals surface area contributed by atoms with E-state index in [9.17, 15) is 4.79 Å². The Bertz CT molecular complexity index is 620.